The molecule has 1 N–H and O–H groups in total. The molecule has 6 nitrogen and oxygen atoms in total. The predicted molar refractivity (Wildman–Crippen MR) is 93.1 cm³/mol. The highest BCUT2D eigenvalue weighted by Gasteiger charge is 2.31. The van der Waals surface area contributed by atoms with Crippen molar-refractivity contribution in [1.82, 2.24) is 10.3 Å². The Morgan fingerprint density at radius 2 is 1.84 bits per heavy atom. The Morgan fingerprint density at radius 3 is 2.48 bits per heavy atom. The van der Waals surface area contributed by atoms with Crippen LogP contribution in [0.25, 0.3) is 0 Å². The third-order valence-corrected chi connectivity index (χ3v) is 4.42. The number of rotatable bonds is 6. The van der Waals surface area contributed by atoms with E-state index in [1.54, 1.807) is 30.6 Å². The summed E-state index contributed by atoms with van der Waals surface area (Å²) in [6, 6.07) is 9.20. The van der Waals surface area contributed by atoms with Crippen LogP contribution in [0.3, 0.4) is 0 Å². The molecule has 1 aromatic carbocycles. The van der Waals surface area contributed by atoms with Gasteiger partial charge in [0.15, 0.2) is 0 Å². The molecule has 1 saturated heterocycles. The minimum Gasteiger partial charge on any atom is -0.496 e. The van der Waals surface area contributed by atoms with Crippen LogP contribution in [0.1, 0.15) is 15.9 Å². The third kappa shape index (κ3) is 3.91. The summed E-state index contributed by atoms with van der Waals surface area (Å²) in [6.07, 6.45) is 4.38. The summed E-state index contributed by atoms with van der Waals surface area (Å²) in [7, 11) is 3.08. The van der Waals surface area contributed by atoms with Crippen LogP contribution in [0.4, 0.5) is 0 Å². The van der Waals surface area contributed by atoms with E-state index >= 15 is 0 Å². The van der Waals surface area contributed by atoms with Crippen molar-refractivity contribution >= 4 is 5.91 Å². The molecule has 0 saturated carbocycles. The fourth-order valence-corrected chi connectivity index (χ4v) is 3.10. The van der Waals surface area contributed by atoms with Crippen LogP contribution in [0.5, 0.6) is 11.5 Å². The summed E-state index contributed by atoms with van der Waals surface area (Å²) in [6.45, 7) is 1.12. The van der Waals surface area contributed by atoms with Crippen LogP contribution in [0.15, 0.2) is 42.7 Å². The Labute approximate surface area is 147 Å². The van der Waals surface area contributed by atoms with E-state index in [0.29, 0.717) is 30.3 Å². The van der Waals surface area contributed by atoms with Gasteiger partial charge in [0.25, 0.3) is 5.91 Å². The van der Waals surface area contributed by atoms with E-state index in [1.807, 2.05) is 12.1 Å². The highest BCUT2D eigenvalue weighted by molar-refractivity contribution is 5.99. The predicted octanol–water partition coefficient (Wildman–Crippen LogP) is 2.09. The molecule has 1 aliphatic rings. The van der Waals surface area contributed by atoms with Crippen molar-refractivity contribution in [3.05, 3.63) is 53.9 Å². The lowest BCUT2D eigenvalue weighted by molar-refractivity contribution is 0.0918. The quantitative estimate of drug-likeness (QED) is 0.870. The maximum atomic E-state index is 12.8. The van der Waals surface area contributed by atoms with Gasteiger partial charge < -0.3 is 19.5 Å². The topological polar surface area (TPSA) is 69.7 Å². The standard InChI is InChI=1S/C19H22N2O4/c1-23-16-4-3-5-17(24-2)18(16)19(22)21-15-12-25-11-14(15)10-13-6-8-20-9-7-13/h3-9,14-15H,10-12H2,1-2H3,(H,21,22)/t14-,15-/m1/s1. The van der Waals surface area contributed by atoms with Crippen molar-refractivity contribution in [3.63, 3.8) is 0 Å². The molecule has 6 heteroatoms. The van der Waals surface area contributed by atoms with Crippen molar-refractivity contribution in [2.75, 3.05) is 27.4 Å². The van der Waals surface area contributed by atoms with Crippen LogP contribution in [0, 0.1) is 5.92 Å². The van der Waals surface area contributed by atoms with Gasteiger partial charge in [-0.25, -0.2) is 0 Å². The molecule has 2 atom stereocenters. The fraction of sp³-hybridized carbons (Fsp3) is 0.368. The van der Waals surface area contributed by atoms with Gasteiger partial charge >= 0.3 is 0 Å². The Kier molecular flexibility index (Phi) is 5.50. The Bertz CT molecular complexity index is 698. The molecule has 2 aromatic rings. The van der Waals surface area contributed by atoms with Crippen LogP contribution in [-0.4, -0.2) is 44.4 Å². The number of ether oxygens (including phenoxy) is 3. The highest BCUT2D eigenvalue weighted by Crippen LogP contribution is 2.29. The molecule has 0 spiro atoms. The Balaban J connectivity index is 1.74. The molecule has 1 aromatic heterocycles. The zero-order valence-electron chi connectivity index (χ0n) is 14.4. The third-order valence-electron chi connectivity index (χ3n) is 4.42. The minimum atomic E-state index is -0.218. The minimum absolute atomic E-state index is 0.0599. The molecule has 1 aliphatic heterocycles. The lowest BCUT2D eigenvalue weighted by atomic mass is 9.95. The lowest BCUT2D eigenvalue weighted by Gasteiger charge is -2.20. The number of aromatic nitrogens is 1. The summed E-state index contributed by atoms with van der Waals surface area (Å²) < 4.78 is 16.2. The summed E-state index contributed by atoms with van der Waals surface area (Å²) in [4.78, 5) is 16.9. The van der Waals surface area contributed by atoms with E-state index in [9.17, 15) is 4.79 Å². The van der Waals surface area contributed by atoms with E-state index in [4.69, 9.17) is 14.2 Å². The lowest BCUT2D eigenvalue weighted by Crippen LogP contribution is -2.40. The number of hydrogen-bond donors (Lipinski definition) is 1. The number of nitrogens with zero attached hydrogens (tertiary/aromatic N) is 1. The first-order valence-corrected chi connectivity index (χ1v) is 8.21. The molecule has 3 rings (SSSR count). The summed E-state index contributed by atoms with van der Waals surface area (Å²) in [5.74, 6) is 0.972. The first-order chi connectivity index (χ1) is 12.2. The Morgan fingerprint density at radius 1 is 1.16 bits per heavy atom. The Hall–Kier alpha value is -2.60. The second kappa shape index (κ2) is 7.98. The first kappa shape index (κ1) is 17.2. The molecule has 1 fully saturated rings. The normalized spacial score (nSPS) is 19.4. The fourth-order valence-electron chi connectivity index (χ4n) is 3.10. The maximum absolute atomic E-state index is 12.8. The largest absolute Gasteiger partial charge is 0.496 e. The second-order valence-electron chi connectivity index (χ2n) is 5.97. The van der Waals surface area contributed by atoms with Crippen LogP contribution in [-0.2, 0) is 11.2 Å². The number of pyridine rings is 1. The number of benzene rings is 1. The van der Waals surface area contributed by atoms with Crippen molar-refractivity contribution in [1.29, 1.82) is 0 Å². The van der Waals surface area contributed by atoms with Gasteiger partial charge in [0.05, 0.1) is 33.5 Å². The van der Waals surface area contributed by atoms with Gasteiger partial charge in [0.2, 0.25) is 0 Å². The van der Waals surface area contributed by atoms with Gasteiger partial charge in [0, 0.05) is 18.3 Å². The van der Waals surface area contributed by atoms with E-state index < -0.39 is 0 Å². The van der Waals surface area contributed by atoms with Gasteiger partial charge in [-0.05, 0) is 36.2 Å². The number of methoxy groups -OCH3 is 2. The van der Waals surface area contributed by atoms with Crippen molar-refractivity contribution in [3.8, 4) is 11.5 Å². The van der Waals surface area contributed by atoms with E-state index in [-0.39, 0.29) is 17.9 Å². The van der Waals surface area contributed by atoms with Crippen molar-refractivity contribution < 1.29 is 19.0 Å². The summed E-state index contributed by atoms with van der Waals surface area (Å²) in [5, 5.41) is 3.08. The van der Waals surface area contributed by atoms with Gasteiger partial charge in [-0.1, -0.05) is 6.07 Å². The number of nitrogens with one attached hydrogen (secondary N) is 1. The van der Waals surface area contributed by atoms with E-state index in [0.717, 1.165) is 6.42 Å². The van der Waals surface area contributed by atoms with Gasteiger partial charge in [-0.15, -0.1) is 0 Å². The summed E-state index contributed by atoms with van der Waals surface area (Å²) in [5.41, 5.74) is 1.58. The van der Waals surface area contributed by atoms with E-state index in [2.05, 4.69) is 10.3 Å². The van der Waals surface area contributed by atoms with E-state index in [1.165, 1.54) is 19.8 Å². The zero-order chi connectivity index (χ0) is 17.6. The van der Waals surface area contributed by atoms with Crippen LogP contribution < -0.4 is 14.8 Å². The van der Waals surface area contributed by atoms with Gasteiger partial charge in [0.1, 0.15) is 17.1 Å². The molecule has 2 heterocycles. The second-order valence-corrected chi connectivity index (χ2v) is 5.97. The number of carbonyl (C=O) groups is 1. The average molecular weight is 342 g/mol. The SMILES string of the molecule is COc1cccc(OC)c1C(=O)N[C@@H]1COC[C@H]1Cc1ccncc1. The van der Waals surface area contributed by atoms with Crippen LogP contribution >= 0.6 is 0 Å². The molecule has 0 radical (unpaired) electrons. The zero-order valence-corrected chi connectivity index (χ0v) is 14.4. The van der Waals surface area contributed by atoms with Crippen molar-refractivity contribution in [2.24, 2.45) is 5.92 Å². The smallest absolute Gasteiger partial charge is 0.259 e. The van der Waals surface area contributed by atoms with Crippen LogP contribution in [0.2, 0.25) is 0 Å². The molecule has 132 valence electrons. The van der Waals surface area contributed by atoms with Gasteiger partial charge in [-0.3, -0.25) is 9.78 Å². The highest BCUT2D eigenvalue weighted by atomic mass is 16.5. The monoisotopic (exact) mass is 342 g/mol. The molecular weight excluding hydrogens is 320 g/mol. The van der Waals surface area contributed by atoms with Crippen molar-refractivity contribution in [2.45, 2.75) is 12.5 Å². The number of hydrogen-bond acceptors (Lipinski definition) is 5. The summed E-state index contributed by atoms with van der Waals surface area (Å²) >= 11 is 0. The van der Waals surface area contributed by atoms with Gasteiger partial charge in [-0.2, -0.15) is 0 Å². The number of amides is 1. The average Bonchev–Trinajstić information content (AvgIpc) is 3.08. The molecule has 0 bridgehead atoms. The first-order valence-electron chi connectivity index (χ1n) is 8.21. The molecule has 0 unspecified atom stereocenters. The number of carbonyl (C=O) groups excluding carboxylic acids is 1. The maximum Gasteiger partial charge on any atom is 0.259 e. The molecule has 25 heavy (non-hydrogen) atoms. The molecular formula is C19H22N2O4. The molecule has 1 amide bonds. The molecule has 0 aliphatic carbocycles.